The number of likely N-dealkylation sites (tertiary alicyclic amines) is 2. The predicted molar refractivity (Wildman–Crippen MR) is 110 cm³/mol. The zero-order valence-electron chi connectivity index (χ0n) is 16.9. The maximum atomic E-state index is 11.6. The lowest BCUT2D eigenvalue weighted by Gasteiger charge is -2.28. The zero-order valence-corrected chi connectivity index (χ0v) is 16.9. The van der Waals surface area contributed by atoms with Crippen LogP contribution in [0, 0.1) is 0 Å². The van der Waals surface area contributed by atoms with Crippen LogP contribution in [0.1, 0.15) is 44.1 Å². The highest BCUT2D eigenvalue weighted by Crippen LogP contribution is 2.14. The molecule has 6 nitrogen and oxygen atoms in total. The molecular weight excluding hydrogens is 354 g/mol. The van der Waals surface area contributed by atoms with E-state index < -0.39 is 6.10 Å². The van der Waals surface area contributed by atoms with Crippen molar-refractivity contribution in [2.24, 2.45) is 0 Å². The first-order valence-corrected chi connectivity index (χ1v) is 10.8. The summed E-state index contributed by atoms with van der Waals surface area (Å²) in [6, 6.07) is 8.05. The molecule has 28 heavy (non-hydrogen) atoms. The molecule has 0 radical (unpaired) electrons. The maximum absolute atomic E-state index is 11.6. The topological polar surface area (TPSA) is 65.0 Å². The van der Waals surface area contributed by atoms with Crippen molar-refractivity contribution in [2.45, 2.75) is 51.2 Å². The lowest BCUT2D eigenvalue weighted by Crippen LogP contribution is -2.38. The van der Waals surface area contributed by atoms with E-state index in [0.29, 0.717) is 19.1 Å². The van der Waals surface area contributed by atoms with E-state index in [4.69, 9.17) is 4.74 Å². The molecular formula is C22H35N3O3. The van der Waals surface area contributed by atoms with Gasteiger partial charge in [0.1, 0.15) is 18.5 Å². The van der Waals surface area contributed by atoms with Crippen LogP contribution in [-0.4, -0.2) is 72.8 Å². The Kier molecular flexibility index (Phi) is 8.58. The molecule has 1 unspecified atom stereocenters. The first kappa shape index (κ1) is 21.1. The summed E-state index contributed by atoms with van der Waals surface area (Å²) in [6.07, 6.45) is 6.05. The van der Waals surface area contributed by atoms with Crippen molar-refractivity contribution in [3.8, 4) is 5.75 Å². The van der Waals surface area contributed by atoms with Crippen molar-refractivity contribution in [1.82, 2.24) is 15.1 Å². The van der Waals surface area contributed by atoms with Gasteiger partial charge < -0.3 is 25.0 Å². The molecule has 156 valence electrons. The van der Waals surface area contributed by atoms with Crippen molar-refractivity contribution in [2.75, 3.05) is 45.9 Å². The van der Waals surface area contributed by atoms with E-state index in [2.05, 4.69) is 22.3 Å². The average molecular weight is 390 g/mol. The van der Waals surface area contributed by atoms with Gasteiger partial charge >= 0.3 is 0 Å². The maximum Gasteiger partial charge on any atom is 0.222 e. The van der Waals surface area contributed by atoms with Crippen LogP contribution in [0.2, 0.25) is 0 Å². The SMILES string of the molecule is O=C1CCCN1CCCNCc1ccc(OCC(O)CN2CCCCC2)cc1. The highest BCUT2D eigenvalue weighted by atomic mass is 16.5. The molecule has 0 aliphatic carbocycles. The van der Waals surface area contributed by atoms with Crippen LogP contribution in [0.3, 0.4) is 0 Å². The minimum absolute atomic E-state index is 0.302. The number of nitrogens with one attached hydrogen (secondary N) is 1. The summed E-state index contributed by atoms with van der Waals surface area (Å²) in [4.78, 5) is 15.9. The molecule has 2 fully saturated rings. The monoisotopic (exact) mass is 389 g/mol. The lowest BCUT2D eigenvalue weighted by molar-refractivity contribution is -0.127. The Labute approximate surface area is 168 Å². The Bertz CT molecular complexity index is 587. The highest BCUT2D eigenvalue weighted by Gasteiger charge is 2.18. The molecule has 1 aromatic rings. The van der Waals surface area contributed by atoms with E-state index in [1.54, 1.807) is 0 Å². The number of rotatable bonds is 11. The molecule has 2 heterocycles. The fourth-order valence-corrected chi connectivity index (χ4v) is 3.96. The molecule has 2 aliphatic heterocycles. The average Bonchev–Trinajstić information content (AvgIpc) is 3.12. The summed E-state index contributed by atoms with van der Waals surface area (Å²) in [5.41, 5.74) is 1.21. The van der Waals surface area contributed by atoms with E-state index in [1.165, 1.54) is 24.8 Å². The Hall–Kier alpha value is -1.63. The smallest absolute Gasteiger partial charge is 0.222 e. The highest BCUT2D eigenvalue weighted by molar-refractivity contribution is 5.77. The van der Waals surface area contributed by atoms with Crippen LogP contribution in [-0.2, 0) is 11.3 Å². The molecule has 1 atom stereocenters. The molecule has 2 aliphatic rings. The van der Waals surface area contributed by atoms with Crippen molar-refractivity contribution in [1.29, 1.82) is 0 Å². The Morgan fingerprint density at radius 1 is 1.07 bits per heavy atom. The fourth-order valence-electron chi connectivity index (χ4n) is 3.96. The Morgan fingerprint density at radius 3 is 2.57 bits per heavy atom. The van der Waals surface area contributed by atoms with Gasteiger partial charge in [-0.25, -0.2) is 0 Å². The van der Waals surface area contributed by atoms with Crippen molar-refractivity contribution in [3.63, 3.8) is 0 Å². The van der Waals surface area contributed by atoms with Crippen molar-refractivity contribution in [3.05, 3.63) is 29.8 Å². The zero-order chi connectivity index (χ0) is 19.6. The molecule has 1 amide bonds. The Morgan fingerprint density at radius 2 is 1.86 bits per heavy atom. The van der Waals surface area contributed by atoms with Gasteiger partial charge in [0.15, 0.2) is 0 Å². The molecule has 0 spiro atoms. The van der Waals surface area contributed by atoms with Crippen molar-refractivity contribution >= 4 is 5.91 Å². The molecule has 1 aromatic carbocycles. The summed E-state index contributed by atoms with van der Waals surface area (Å²) in [6.45, 7) is 6.72. The fraction of sp³-hybridized carbons (Fsp3) is 0.682. The molecule has 0 saturated carbocycles. The number of amides is 1. The van der Waals surface area contributed by atoms with E-state index >= 15 is 0 Å². The van der Waals surface area contributed by atoms with Gasteiger partial charge in [0.05, 0.1) is 0 Å². The van der Waals surface area contributed by atoms with E-state index in [-0.39, 0.29) is 0 Å². The van der Waals surface area contributed by atoms with Gasteiger partial charge in [0.2, 0.25) is 5.91 Å². The third-order valence-corrected chi connectivity index (χ3v) is 5.57. The number of benzene rings is 1. The van der Waals surface area contributed by atoms with Crippen LogP contribution in [0.5, 0.6) is 5.75 Å². The minimum Gasteiger partial charge on any atom is -0.491 e. The first-order valence-electron chi connectivity index (χ1n) is 10.8. The van der Waals surface area contributed by atoms with Crippen LogP contribution < -0.4 is 10.1 Å². The number of aliphatic hydroxyl groups is 1. The van der Waals surface area contributed by atoms with Gasteiger partial charge in [-0.3, -0.25) is 4.79 Å². The summed E-state index contributed by atoms with van der Waals surface area (Å²) in [7, 11) is 0. The summed E-state index contributed by atoms with van der Waals surface area (Å²) in [5, 5.41) is 13.6. The summed E-state index contributed by atoms with van der Waals surface area (Å²) >= 11 is 0. The molecule has 2 saturated heterocycles. The van der Waals surface area contributed by atoms with Gasteiger partial charge in [-0.2, -0.15) is 0 Å². The molecule has 3 rings (SSSR count). The van der Waals surface area contributed by atoms with E-state index in [1.807, 2.05) is 17.0 Å². The number of ether oxygens (including phenoxy) is 1. The van der Waals surface area contributed by atoms with Gasteiger partial charge in [-0.15, -0.1) is 0 Å². The van der Waals surface area contributed by atoms with Gasteiger partial charge in [0.25, 0.3) is 0 Å². The van der Waals surface area contributed by atoms with Crippen molar-refractivity contribution < 1.29 is 14.6 Å². The van der Waals surface area contributed by atoms with Crippen LogP contribution in [0.15, 0.2) is 24.3 Å². The number of aliphatic hydroxyl groups excluding tert-OH is 1. The molecule has 0 aromatic heterocycles. The number of nitrogens with zero attached hydrogens (tertiary/aromatic N) is 2. The predicted octanol–water partition coefficient (Wildman–Crippen LogP) is 2.01. The van der Waals surface area contributed by atoms with E-state index in [9.17, 15) is 9.90 Å². The first-order chi connectivity index (χ1) is 13.7. The van der Waals surface area contributed by atoms with E-state index in [0.717, 1.165) is 64.3 Å². The van der Waals surface area contributed by atoms with Gasteiger partial charge in [-0.05, 0) is 63.0 Å². The number of carbonyl (C=O) groups excluding carboxylic acids is 1. The lowest BCUT2D eigenvalue weighted by atomic mass is 10.1. The van der Waals surface area contributed by atoms with Crippen LogP contribution in [0.25, 0.3) is 0 Å². The molecule has 6 heteroatoms. The summed E-state index contributed by atoms with van der Waals surface area (Å²) < 4.78 is 5.74. The number of hydrogen-bond acceptors (Lipinski definition) is 5. The summed E-state index contributed by atoms with van der Waals surface area (Å²) in [5.74, 6) is 1.10. The number of hydrogen-bond donors (Lipinski definition) is 2. The second kappa shape index (κ2) is 11.4. The third-order valence-electron chi connectivity index (χ3n) is 5.57. The number of carbonyl (C=O) groups is 1. The number of β-amino-alcohol motifs (C(OH)–C–C–N with tert-alkyl or cyclic N) is 1. The second-order valence-corrected chi connectivity index (χ2v) is 7.98. The second-order valence-electron chi connectivity index (χ2n) is 7.98. The van der Waals surface area contributed by atoms with Gasteiger partial charge in [0, 0.05) is 32.6 Å². The third kappa shape index (κ3) is 7.08. The normalized spacial score (nSPS) is 19.2. The molecule has 2 N–H and O–H groups in total. The standard InChI is InChI=1S/C22H35N3O3/c26-20(17-24-12-2-1-3-13-24)18-28-21-9-7-19(8-10-21)16-23-11-5-15-25-14-4-6-22(25)27/h7-10,20,23,26H,1-6,11-18H2. The van der Waals surface area contributed by atoms with Gasteiger partial charge in [-0.1, -0.05) is 18.6 Å². The number of piperidine rings is 1. The molecule has 0 bridgehead atoms. The minimum atomic E-state index is -0.443. The largest absolute Gasteiger partial charge is 0.491 e. The van der Waals surface area contributed by atoms with Crippen LogP contribution in [0.4, 0.5) is 0 Å². The Balaban J connectivity index is 1.27. The quantitative estimate of drug-likeness (QED) is 0.567. The van der Waals surface area contributed by atoms with Crippen LogP contribution >= 0.6 is 0 Å².